The average molecular weight is 757 g/mol. The Kier molecular flexibility index (Phi) is 8.69. The molecule has 0 unspecified atom stereocenters. The van der Waals surface area contributed by atoms with Crippen molar-refractivity contribution >= 4 is 78.6 Å². The molecule has 0 spiro atoms. The van der Waals surface area contributed by atoms with Crippen LogP contribution >= 0.6 is 11.3 Å². The summed E-state index contributed by atoms with van der Waals surface area (Å²) in [5.41, 5.74) is 18.5. The van der Waals surface area contributed by atoms with E-state index < -0.39 is 0 Å². The maximum Gasteiger partial charge on any atom is 0.252 e. The van der Waals surface area contributed by atoms with E-state index in [0.29, 0.717) is 0 Å². The minimum atomic E-state index is -0.0771. The van der Waals surface area contributed by atoms with Crippen LogP contribution in [0.5, 0.6) is 0 Å². The molecule has 1 aromatic heterocycles. The molecule has 6 aromatic rings. The molecule has 0 atom stereocenters. The highest BCUT2D eigenvalue weighted by atomic mass is 32.1. The van der Waals surface area contributed by atoms with E-state index in [0.717, 1.165) is 0 Å². The zero-order valence-corrected chi connectivity index (χ0v) is 37.4. The highest BCUT2D eigenvalue weighted by molar-refractivity contribution is 7.18. The van der Waals surface area contributed by atoms with Crippen LogP contribution in [0.25, 0.3) is 10.1 Å². The lowest BCUT2D eigenvalue weighted by molar-refractivity contribution is 0.589. The van der Waals surface area contributed by atoms with Gasteiger partial charge in [0.25, 0.3) is 6.71 Å². The fourth-order valence-corrected chi connectivity index (χ4v) is 9.99. The highest BCUT2D eigenvalue weighted by Gasteiger charge is 2.46. The number of thiophene rings is 1. The van der Waals surface area contributed by atoms with Crippen LogP contribution in [0, 0.1) is 0 Å². The van der Waals surface area contributed by atoms with Crippen molar-refractivity contribution in [2.45, 2.75) is 131 Å². The molecule has 0 aliphatic carbocycles. The van der Waals surface area contributed by atoms with Crippen LogP contribution in [0.3, 0.4) is 0 Å². The molecule has 56 heavy (non-hydrogen) atoms. The minimum absolute atomic E-state index is 0.00177. The molecule has 0 fully saturated rings. The second-order valence-corrected chi connectivity index (χ2v) is 22.6. The number of fused-ring (bicyclic) bond motifs is 6. The molecule has 0 N–H and O–H groups in total. The van der Waals surface area contributed by atoms with E-state index in [-0.39, 0.29) is 33.8 Å². The lowest BCUT2D eigenvalue weighted by Gasteiger charge is -2.46. The Bertz CT molecular complexity index is 2470. The van der Waals surface area contributed by atoms with Gasteiger partial charge < -0.3 is 9.80 Å². The van der Waals surface area contributed by atoms with Gasteiger partial charge in [0.1, 0.15) is 0 Å². The SMILES string of the molecule is CC(C)(C)c1ccc(N2c3cc(C(C)(C)C)ccc3B3c4c2cc(C(C)(C)C)cc4N(c2ccc(C(C)(C)C)cc2)c2cc(C(C)(C)C)c4sccc4c23)cc1. The van der Waals surface area contributed by atoms with Gasteiger partial charge in [-0.1, -0.05) is 140 Å². The van der Waals surface area contributed by atoms with Crippen LogP contribution in [0.1, 0.15) is 132 Å². The van der Waals surface area contributed by atoms with Crippen LogP contribution in [0.15, 0.2) is 96.4 Å². The third kappa shape index (κ3) is 6.32. The topological polar surface area (TPSA) is 6.48 Å². The second kappa shape index (κ2) is 12.6. The van der Waals surface area contributed by atoms with E-state index in [1.807, 2.05) is 11.3 Å². The largest absolute Gasteiger partial charge is 0.311 e. The quantitative estimate of drug-likeness (QED) is 0.162. The first-order valence-corrected chi connectivity index (χ1v) is 21.5. The van der Waals surface area contributed by atoms with Crippen molar-refractivity contribution < 1.29 is 0 Å². The minimum Gasteiger partial charge on any atom is -0.311 e. The molecule has 8 rings (SSSR count). The standard InChI is InChI=1S/C52H61BN2S/c1-48(2,3)32-16-21-36(22-17-32)54-41-28-34(50(7,8)9)20-25-40(41)53-45-38-26-27-56-47(38)39(52(13,14)15)31-44(45)55(37-23-18-33(19-24-37)49(4,5)6)43-30-35(51(10,11)12)29-42(54)46(43)53/h16-31H,1-15H3. The van der Waals surface area contributed by atoms with Gasteiger partial charge in [-0.2, -0.15) is 0 Å². The molecular formula is C52H61BN2S. The van der Waals surface area contributed by atoms with E-state index in [9.17, 15) is 0 Å². The Morgan fingerprint density at radius 3 is 1.30 bits per heavy atom. The predicted molar refractivity (Wildman–Crippen MR) is 249 cm³/mol. The first-order valence-electron chi connectivity index (χ1n) is 20.6. The van der Waals surface area contributed by atoms with Crippen molar-refractivity contribution in [3.8, 4) is 0 Å². The maximum atomic E-state index is 2.62. The van der Waals surface area contributed by atoms with Crippen molar-refractivity contribution in [3.63, 3.8) is 0 Å². The summed E-state index contributed by atoms with van der Waals surface area (Å²) in [7, 11) is 0. The maximum absolute atomic E-state index is 2.62. The summed E-state index contributed by atoms with van der Waals surface area (Å²) in [6.45, 7) is 35.1. The van der Waals surface area contributed by atoms with Gasteiger partial charge in [-0.15, -0.1) is 11.3 Å². The summed E-state index contributed by atoms with van der Waals surface area (Å²) in [6.07, 6.45) is 0. The molecule has 288 valence electrons. The Labute approximate surface area is 342 Å². The van der Waals surface area contributed by atoms with Gasteiger partial charge in [0, 0.05) is 38.8 Å². The predicted octanol–water partition coefficient (Wildman–Crippen LogP) is 13.5. The van der Waals surface area contributed by atoms with E-state index in [2.05, 4.69) is 210 Å². The van der Waals surface area contributed by atoms with Crippen molar-refractivity contribution in [1.29, 1.82) is 0 Å². The smallest absolute Gasteiger partial charge is 0.252 e. The first kappa shape index (κ1) is 38.6. The van der Waals surface area contributed by atoms with Gasteiger partial charge in [0.05, 0.1) is 0 Å². The fourth-order valence-electron chi connectivity index (χ4n) is 8.86. The summed E-state index contributed by atoms with van der Waals surface area (Å²) >= 11 is 1.90. The summed E-state index contributed by atoms with van der Waals surface area (Å²) in [6, 6.07) is 36.2. The zero-order chi connectivity index (χ0) is 40.5. The summed E-state index contributed by atoms with van der Waals surface area (Å²) in [4.78, 5) is 5.22. The highest BCUT2D eigenvalue weighted by Crippen LogP contribution is 2.49. The Morgan fingerprint density at radius 1 is 0.411 bits per heavy atom. The van der Waals surface area contributed by atoms with E-state index >= 15 is 0 Å². The van der Waals surface area contributed by atoms with Crippen molar-refractivity contribution in [3.05, 3.63) is 124 Å². The van der Waals surface area contributed by atoms with Gasteiger partial charge in [-0.25, -0.2) is 0 Å². The van der Waals surface area contributed by atoms with E-state index in [1.165, 1.54) is 88.4 Å². The molecule has 0 amide bonds. The van der Waals surface area contributed by atoms with Gasteiger partial charge >= 0.3 is 0 Å². The van der Waals surface area contributed by atoms with Gasteiger partial charge in [-0.05, 0) is 137 Å². The molecule has 3 heterocycles. The van der Waals surface area contributed by atoms with Crippen molar-refractivity contribution in [1.82, 2.24) is 0 Å². The number of nitrogens with zero attached hydrogens (tertiary/aromatic N) is 2. The number of anilines is 6. The molecule has 4 heteroatoms. The van der Waals surface area contributed by atoms with Crippen LogP contribution in [-0.2, 0) is 27.1 Å². The van der Waals surface area contributed by atoms with E-state index in [4.69, 9.17) is 0 Å². The van der Waals surface area contributed by atoms with E-state index in [1.54, 1.807) is 0 Å². The molecule has 2 nitrogen and oxygen atoms in total. The molecule has 0 saturated carbocycles. The summed E-state index contributed by atoms with van der Waals surface area (Å²) in [5, 5.41) is 3.70. The summed E-state index contributed by atoms with van der Waals surface area (Å²) in [5.74, 6) is 0. The third-order valence-electron chi connectivity index (χ3n) is 12.3. The van der Waals surface area contributed by atoms with Crippen molar-refractivity contribution in [2.24, 2.45) is 0 Å². The molecule has 0 bridgehead atoms. The third-order valence-corrected chi connectivity index (χ3v) is 13.2. The average Bonchev–Trinajstić information content (AvgIpc) is 3.59. The van der Waals surface area contributed by atoms with Crippen LogP contribution in [0.4, 0.5) is 34.1 Å². The van der Waals surface area contributed by atoms with Crippen molar-refractivity contribution in [2.75, 3.05) is 9.80 Å². The van der Waals surface area contributed by atoms with Gasteiger partial charge in [0.15, 0.2) is 0 Å². The second-order valence-electron chi connectivity index (χ2n) is 21.7. The zero-order valence-electron chi connectivity index (χ0n) is 36.6. The normalized spacial score (nSPS) is 14.6. The lowest BCUT2D eigenvalue weighted by Crippen LogP contribution is -2.61. The monoisotopic (exact) mass is 756 g/mol. The molecule has 0 radical (unpaired) electrons. The number of hydrogen-bond donors (Lipinski definition) is 0. The van der Waals surface area contributed by atoms with Crippen LogP contribution in [-0.4, -0.2) is 6.71 Å². The van der Waals surface area contributed by atoms with Gasteiger partial charge in [0.2, 0.25) is 0 Å². The molecule has 2 aliphatic heterocycles. The number of hydrogen-bond acceptors (Lipinski definition) is 3. The van der Waals surface area contributed by atoms with Gasteiger partial charge in [-0.3, -0.25) is 0 Å². The fraction of sp³-hybridized carbons (Fsp3) is 0.385. The Balaban J connectivity index is 1.54. The first-order chi connectivity index (χ1) is 25.9. The summed E-state index contributed by atoms with van der Waals surface area (Å²) < 4.78 is 1.41. The Morgan fingerprint density at radius 2 is 0.839 bits per heavy atom. The number of benzene rings is 5. The molecule has 5 aromatic carbocycles. The molecular weight excluding hydrogens is 695 g/mol. The Hall–Kier alpha value is -4.28. The lowest BCUT2D eigenvalue weighted by atomic mass is 9.32. The molecule has 2 aliphatic rings. The van der Waals surface area contributed by atoms with Crippen LogP contribution in [0.2, 0.25) is 0 Å². The van der Waals surface area contributed by atoms with Crippen LogP contribution < -0.4 is 26.2 Å². The number of rotatable bonds is 2. The molecule has 0 saturated heterocycles.